The summed E-state index contributed by atoms with van der Waals surface area (Å²) in [6.45, 7) is 3.04. The van der Waals surface area contributed by atoms with Crippen LogP contribution in [0.25, 0.3) is 0 Å². The molecule has 134 valence electrons. The Hall–Kier alpha value is -2.78. The first-order valence-electron chi connectivity index (χ1n) is 9.06. The number of ether oxygens (including phenoxy) is 1. The van der Waals surface area contributed by atoms with Crippen LogP contribution in [0, 0.1) is 11.3 Å². The number of piperazine rings is 1. The van der Waals surface area contributed by atoms with Gasteiger partial charge in [0, 0.05) is 37.9 Å². The number of nitrogens with one attached hydrogen (secondary N) is 1. The number of nitrogens with zero attached hydrogens (tertiary/aromatic N) is 3. The number of aromatic amines is 1. The normalized spacial score (nSPS) is 22.2. The molecule has 1 N–H and O–H groups in total. The number of rotatable bonds is 5. The Balaban J connectivity index is 1.31. The number of hydrogen-bond donors (Lipinski definition) is 1. The third-order valence-electron chi connectivity index (χ3n) is 5.35. The molecule has 0 aliphatic carbocycles. The second kappa shape index (κ2) is 7.22. The van der Waals surface area contributed by atoms with Crippen molar-refractivity contribution in [1.29, 1.82) is 5.26 Å². The predicted octanol–water partition coefficient (Wildman–Crippen LogP) is 2.25. The first kappa shape index (κ1) is 16.7. The van der Waals surface area contributed by atoms with Crippen LogP contribution in [0.4, 0.5) is 0 Å². The summed E-state index contributed by atoms with van der Waals surface area (Å²) in [7, 11) is 0. The van der Waals surface area contributed by atoms with Crippen molar-refractivity contribution < 1.29 is 9.53 Å². The topological polar surface area (TPSA) is 72.4 Å². The van der Waals surface area contributed by atoms with E-state index in [0.717, 1.165) is 38.2 Å². The van der Waals surface area contributed by atoms with Crippen LogP contribution in [-0.4, -0.2) is 59.0 Å². The lowest BCUT2D eigenvalue weighted by Gasteiger charge is -2.40. The van der Waals surface area contributed by atoms with E-state index in [2.05, 4.69) is 16.0 Å². The first-order valence-corrected chi connectivity index (χ1v) is 9.06. The Bertz CT molecular complexity index is 780. The minimum atomic E-state index is 0.0976. The minimum Gasteiger partial charge on any atom is -0.492 e. The molecule has 1 aromatic heterocycles. The summed E-state index contributed by atoms with van der Waals surface area (Å²) in [5, 5.41) is 8.83. The highest BCUT2D eigenvalue weighted by molar-refractivity contribution is 5.92. The van der Waals surface area contributed by atoms with E-state index < -0.39 is 0 Å². The molecule has 1 aromatic carbocycles. The highest BCUT2D eigenvalue weighted by Gasteiger charge is 2.41. The molecule has 2 unspecified atom stereocenters. The van der Waals surface area contributed by atoms with Crippen molar-refractivity contribution in [2.24, 2.45) is 0 Å². The molecule has 6 heteroatoms. The Kier molecular flexibility index (Phi) is 4.63. The summed E-state index contributed by atoms with van der Waals surface area (Å²) in [6, 6.07) is 13.8. The van der Waals surface area contributed by atoms with Crippen LogP contribution < -0.4 is 4.74 Å². The van der Waals surface area contributed by atoms with Crippen molar-refractivity contribution in [2.75, 3.05) is 26.2 Å². The zero-order valence-corrected chi connectivity index (χ0v) is 14.6. The molecule has 2 bridgehead atoms. The van der Waals surface area contributed by atoms with E-state index in [1.54, 1.807) is 18.3 Å². The zero-order valence-electron chi connectivity index (χ0n) is 14.6. The van der Waals surface area contributed by atoms with Gasteiger partial charge in [-0.25, -0.2) is 0 Å². The number of carbonyl (C=O) groups is 1. The van der Waals surface area contributed by atoms with Crippen molar-refractivity contribution >= 4 is 5.91 Å². The van der Waals surface area contributed by atoms with Crippen LogP contribution in [0.3, 0.4) is 0 Å². The first-order chi connectivity index (χ1) is 12.7. The molecule has 2 aromatic rings. The lowest BCUT2D eigenvalue weighted by atomic mass is 10.1. The molecule has 0 spiro atoms. The van der Waals surface area contributed by atoms with Crippen LogP contribution in [-0.2, 0) is 0 Å². The monoisotopic (exact) mass is 350 g/mol. The van der Waals surface area contributed by atoms with Gasteiger partial charge in [-0.3, -0.25) is 9.69 Å². The average molecular weight is 350 g/mol. The van der Waals surface area contributed by atoms with Crippen LogP contribution in [0.1, 0.15) is 28.9 Å². The van der Waals surface area contributed by atoms with E-state index in [0.29, 0.717) is 29.9 Å². The molecule has 2 saturated heterocycles. The van der Waals surface area contributed by atoms with Gasteiger partial charge in [0.15, 0.2) is 0 Å². The maximum absolute atomic E-state index is 12.6. The maximum atomic E-state index is 12.6. The summed E-state index contributed by atoms with van der Waals surface area (Å²) in [5.41, 5.74) is 1.31. The highest BCUT2D eigenvalue weighted by Crippen LogP contribution is 2.30. The number of H-pyrrole nitrogens is 1. The van der Waals surface area contributed by atoms with Crippen molar-refractivity contribution in [3.63, 3.8) is 0 Å². The molecule has 4 rings (SSSR count). The molecular formula is C20H22N4O2. The number of likely N-dealkylation sites (tertiary alicyclic amines) is 1. The standard InChI is InChI=1S/C20H22N4O2/c21-12-15-3-7-18(8-4-15)26-11-10-24-16-5-6-17(24)14-23(13-16)20(25)19-2-1-9-22-19/h1-4,7-9,16-17,22H,5-6,10-11,13-14H2. The average Bonchev–Trinajstić information content (AvgIpc) is 3.28. The maximum Gasteiger partial charge on any atom is 0.270 e. The van der Waals surface area contributed by atoms with Crippen LogP contribution in [0.2, 0.25) is 0 Å². The van der Waals surface area contributed by atoms with Gasteiger partial charge in [-0.1, -0.05) is 0 Å². The fourth-order valence-corrected chi connectivity index (χ4v) is 4.05. The van der Waals surface area contributed by atoms with Gasteiger partial charge in [-0.2, -0.15) is 5.26 Å². The summed E-state index contributed by atoms with van der Waals surface area (Å²) in [5.74, 6) is 0.886. The summed E-state index contributed by atoms with van der Waals surface area (Å²) in [6.07, 6.45) is 4.06. The van der Waals surface area contributed by atoms with Crippen molar-refractivity contribution in [1.82, 2.24) is 14.8 Å². The Labute approximate surface area is 153 Å². The van der Waals surface area contributed by atoms with Crippen molar-refractivity contribution in [3.05, 3.63) is 53.9 Å². The Morgan fingerprint density at radius 2 is 1.92 bits per heavy atom. The number of hydrogen-bond acceptors (Lipinski definition) is 4. The minimum absolute atomic E-state index is 0.0976. The number of nitriles is 1. The van der Waals surface area contributed by atoms with E-state index in [1.165, 1.54) is 0 Å². The van der Waals surface area contributed by atoms with Gasteiger partial charge in [0.05, 0.1) is 11.6 Å². The summed E-state index contributed by atoms with van der Waals surface area (Å²) in [4.78, 5) is 20.0. The number of carbonyl (C=O) groups excluding carboxylic acids is 1. The Morgan fingerprint density at radius 1 is 1.19 bits per heavy atom. The molecule has 2 atom stereocenters. The van der Waals surface area contributed by atoms with E-state index in [4.69, 9.17) is 10.00 Å². The zero-order chi connectivity index (χ0) is 17.9. The molecule has 26 heavy (non-hydrogen) atoms. The third kappa shape index (κ3) is 3.31. The fourth-order valence-electron chi connectivity index (χ4n) is 4.05. The smallest absolute Gasteiger partial charge is 0.270 e. The van der Waals surface area contributed by atoms with Crippen molar-refractivity contribution in [3.8, 4) is 11.8 Å². The molecule has 2 aliphatic rings. The van der Waals surface area contributed by atoms with Gasteiger partial charge in [-0.05, 0) is 49.2 Å². The molecule has 0 saturated carbocycles. The number of aromatic nitrogens is 1. The molecule has 1 amide bonds. The van der Waals surface area contributed by atoms with Crippen LogP contribution in [0.15, 0.2) is 42.6 Å². The fraction of sp³-hybridized carbons (Fsp3) is 0.400. The Morgan fingerprint density at radius 3 is 2.54 bits per heavy atom. The van der Waals surface area contributed by atoms with Crippen LogP contribution in [0.5, 0.6) is 5.75 Å². The molecule has 2 aliphatic heterocycles. The lowest BCUT2D eigenvalue weighted by Crippen LogP contribution is -2.56. The predicted molar refractivity (Wildman–Crippen MR) is 96.9 cm³/mol. The third-order valence-corrected chi connectivity index (χ3v) is 5.35. The molecule has 6 nitrogen and oxygen atoms in total. The quantitative estimate of drug-likeness (QED) is 0.898. The molecule has 2 fully saturated rings. The van der Waals surface area contributed by atoms with Crippen molar-refractivity contribution in [2.45, 2.75) is 24.9 Å². The van der Waals surface area contributed by atoms with Gasteiger partial charge in [0.1, 0.15) is 18.1 Å². The van der Waals surface area contributed by atoms with Gasteiger partial charge in [0.2, 0.25) is 0 Å². The largest absolute Gasteiger partial charge is 0.492 e. The molecule has 3 heterocycles. The molecule has 0 radical (unpaired) electrons. The second-order valence-electron chi connectivity index (χ2n) is 6.90. The van der Waals surface area contributed by atoms with E-state index >= 15 is 0 Å². The SMILES string of the molecule is N#Cc1ccc(OCCN2C3CCC2CN(C(=O)c2ccc[nH]2)C3)cc1. The van der Waals surface area contributed by atoms with E-state index in [-0.39, 0.29) is 5.91 Å². The highest BCUT2D eigenvalue weighted by atomic mass is 16.5. The molecular weight excluding hydrogens is 328 g/mol. The van der Waals surface area contributed by atoms with Gasteiger partial charge >= 0.3 is 0 Å². The second-order valence-corrected chi connectivity index (χ2v) is 6.90. The number of fused-ring (bicyclic) bond motifs is 2. The van der Waals surface area contributed by atoms with Crippen LogP contribution >= 0.6 is 0 Å². The van der Waals surface area contributed by atoms with Gasteiger partial charge in [-0.15, -0.1) is 0 Å². The van der Waals surface area contributed by atoms with Gasteiger partial charge in [0.25, 0.3) is 5.91 Å². The summed E-state index contributed by atoms with van der Waals surface area (Å²) < 4.78 is 5.83. The summed E-state index contributed by atoms with van der Waals surface area (Å²) >= 11 is 0. The number of amides is 1. The van der Waals surface area contributed by atoms with E-state index in [1.807, 2.05) is 29.2 Å². The van der Waals surface area contributed by atoms with E-state index in [9.17, 15) is 4.79 Å². The lowest BCUT2D eigenvalue weighted by molar-refractivity contribution is 0.0403. The number of benzene rings is 1. The van der Waals surface area contributed by atoms with Gasteiger partial charge < -0.3 is 14.6 Å².